The highest BCUT2D eigenvalue weighted by Gasteiger charge is 2.26. The van der Waals surface area contributed by atoms with E-state index >= 15 is 0 Å². The van der Waals surface area contributed by atoms with Crippen LogP contribution < -0.4 is 19.5 Å². The molecule has 11 heteroatoms. The molecule has 0 bridgehead atoms. The lowest BCUT2D eigenvalue weighted by molar-refractivity contribution is -0.112. The second kappa shape index (κ2) is 10.6. The number of carbonyl (C=O) groups is 1. The highest BCUT2D eigenvalue weighted by Crippen LogP contribution is 2.43. The average molecular weight is 566 g/mol. The fraction of sp³-hybridized carbons (Fsp3) is 0.160. The lowest BCUT2D eigenvalue weighted by Gasteiger charge is -2.20. The minimum atomic E-state index is -3.79. The zero-order valence-electron chi connectivity index (χ0n) is 19.4. The quantitative estimate of drug-likeness (QED) is 0.347. The fourth-order valence-electron chi connectivity index (χ4n) is 3.58. The van der Waals surface area contributed by atoms with Crippen molar-refractivity contribution in [1.82, 2.24) is 0 Å². The van der Waals surface area contributed by atoms with Crippen LogP contribution in [0, 0.1) is 0 Å². The van der Waals surface area contributed by atoms with Crippen molar-refractivity contribution in [3.05, 3.63) is 74.6 Å². The molecular weight excluding hydrogens is 545 g/mol. The maximum atomic E-state index is 13.1. The van der Waals surface area contributed by atoms with Gasteiger partial charge in [0.05, 0.1) is 48.1 Å². The maximum Gasteiger partial charge on any atom is 0.262 e. The summed E-state index contributed by atoms with van der Waals surface area (Å²) in [6.45, 7) is 0. The number of sulfone groups is 1. The van der Waals surface area contributed by atoms with Crippen molar-refractivity contribution < 1.29 is 27.4 Å². The zero-order chi connectivity index (χ0) is 26.0. The Morgan fingerprint density at radius 3 is 2.17 bits per heavy atom. The van der Waals surface area contributed by atoms with E-state index in [1.54, 1.807) is 42.5 Å². The molecule has 36 heavy (non-hydrogen) atoms. The van der Waals surface area contributed by atoms with Crippen LogP contribution in [0.15, 0.2) is 63.2 Å². The molecule has 0 aliphatic carbocycles. The molecule has 4 rings (SSSR count). The molecule has 3 aromatic carbocycles. The average Bonchev–Trinajstić information content (AvgIpc) is 2.86. The number of amides is 1. The number of methoxy groups -OCH3 is 3. The summed E-state index contributed by atoms with van der Waals surface area (Å²) in [5.41, 5.74) is 1.28. The van der Waals surface area contributed by atoms with Gasteiger partial charge in [0.25, 0.3) is 5.91 Å². The molecule has 1 amide bonds. The number of rotatable bonds is 7. The summed E-state index contributed by atoms with van der Waals surface area (Å²) in [7, 11) is 0.771. The van der Waals surface area contributed by atoms with E-state index in [2.05, 4.69) is 5.32 Å². The lowest BCUT2D eigenvalue weighted by atomic mass is 10.1. The van der Waals surface area contributed by atoms with Crippen LogP contribution in [0.4, 0.5) is 5.69 Å². The number of halogens is 2. The van der Waals surface area contributed by atoms with Gasteiger partial charge in [-0.2, -0.15) is 0 Å². The van der Waals surface area contributed by atoms with E-state index in [1.807, 2.05) is 0 Å². The van der Waals surface area contributed by atoms with Crippen LogP contribution >= 0.6 is 35.0 Å². The van der Waals surface area contributed by atoms with Gasteiger partial charge in [0.1, 0.15) is 17.2 Å². The smallest absolute Gasteiger partial charge is 0.262 e. The summed E-state index contributed by atoms with van der Waals surface area (Å²) in [4.78, 5) is 14.0. The Balaban J connectivity index is 1.66. The second-order valence-electron chi connectivity index (χ2n) is 7.63. The molecular formula is C25H21Cl2NO6S2. The van der Waals surface area contributed by atoms with E-state index in [9.17, 15) is 13.2 Å². The first-order valence-corrected chi connectivity index (χ1v) is 13.7. The Kier molecular flexibility index (Phi) is 7.75. The fourth-order valence-corrected chi connectivity index (χ4v) is 6.62. The summed E-state index contributed by atoms with van der Waals surface area (Å²) in [5, 5.41) is 3.32. The Hall–Kier alpha value is -2.85. The lowest BCUT2D eigenvalue weighted by Crippen LogP contribution is -2.18. The van der Waals surface area contributed by atoms with Gasteiger partial charge in [0.2, 0.25) is 0 Å². The number of nitrogens with one attached hydrogen (secondary N) is 1. The van der Waals surface area contributed by atoms with Crippen LogP contribution in [-0.2, 0) is 20.4 Å². The number of hydrogen-bond donors (Lipinski definition) is 1. The summed E-state index contributed by atoms with van der Waals surface area (Å²) < 4.78 is 42.4. The number of benzene rings is 3. The Morgan fingerprint density at radius 2 is 1.58 bits per heavy atom. The molecule has 0 radical (unpaired) electrons. The first-order valence-electron chi connectivity index (χ1n) is 10.5. The van der Waals surface area contributed by atoms with Crippen molar-refractivity contribution in [3.63, 3.8) is 0 Å². The molecule has 1 aliphatic heterocycles. The van der Waals surface area contributed by atoms with Crippen LogP contribution in [0.5, 0.6) is 17.2 Å². The van der Waals surface area contributed by atoms with Crippen molar-refractivity contribution in [2.24, 2.45) is 0 Å². The molecule has 0 spiro atoms. The number of thioether (sulfide) groups is 1. The molecule has 0 unspecified atom stereocenters. The predicted molar refractivity (Wildman–Crippen MR) is 142 cm³/mol. The molecule has 188 valence electrons. The van der Waals surface area contributed by atoms with Crippen LogP contribution in [0.2, 0.25) is 10.0 Å². The molecule has 0 fully saturated rings. The van der Waals surface area contributed by atoms with Gasteiger partial charge in [0, 0.05) is 32.6 Å². The molecule has 1 heterocycles. The third-order valence-electron chi connectivity index (χ3n) is 5.43. The number of hydrogen-bond acceptors (Lipinski definition) is 7. The molecule has 1 N–H and O–H groups in total. The van der Waals surface area contributed by atoms with Crippen LogP contribution in [0.1, 0.15) is 11.1 Å². The van der Waals surface area contributed by atoms with Crippen molar-refractivity contribution in [2.45, 2.75) is 15.5 Å². The van der Waals surface area contributed by atoms with E-state index in [-0.39, 0.29) is 20.7 Å². The van der Waals surface area contributed by atoms with Crippen molar-refractivity contribution in [1.29, 1.82) is 0 Å². The number of fused-ring (bicyclic) bond motifs is 1. The van der Waals surface area contributed by atoms with Gasteiger partial charge in [0.15, 0.2) is 9.84 Å². The summed E-state index contributed by atoms with van der Waals surface area (Å²) >= 11 is 13.5. The summed E-state index contributed by atoms with van der Waals surface area (Å²) in [6.07, 6.45) is 1.66. The molecule has 7 nitrogen and oxygen atoms in total. The Morgan fingerprint density at radius 1 is 0.944 bits per heavy atom. The van der Waals surface area contributed by atoms with E-state index in [1.165, 1.54) is 45.2 Å². The highest BCUT2D eigenvalue weighted by molar-refractivity contribution is 8.04. The second-order valence-corrected chi connectivity index (χ2v) is 11.5. The van der Waals surface area contributed by atoms with Gasteiger partial charge in [-0.3, -0.25) is 4.79 Å². The standard InChI is InChI=1S/C25H21Cl2NO6S2/c1-32-14-9-21(33-2)16(22(10-14)34-3)12-24-25(29)28-20-11-15(7-8-23(20)35-24)36(30,31)13-17-18(26)5-4-6-19(17)27/h4-12H,13H2,1-3H3,(H,28,29)/b24-12+. The molecule has 0 aromatic heterocycles. The Bertz CT molecular complexity index is 1440. The van der Waals surface area contributed by atoms with Crippen molar-refractivity contribution >= 4 is 62.5 Å². The van der Waals surface area contributed by atoms with E-state index in [4.69, 9.17) is 37.4 Å². The monoisotopic (exact) mass is 565 g/mol. The van der Waals surface area contributed by atoms with E-state index < -0.39 is 15.7 Å². The normalized spacial score (nSPS) is 14.2. The van der Waals surface area contributed by atoms with Gasteiger partial charge in [-0.05, 0) is 36.4 Å². The van der Waals surface area contributed by atoms with Gasteiger partial charge in [-0.1, -0.05) is 41.0 Å². The zero-order valence-corrected chi connectivity index (χ0v) is 22.6. The minimum absolute atomic E-state index is 0.0454. The minimum Gasteiger partial charge on any atom is -0.496 e. The molecule has 3 aromatic rings. The number of anilines is 1. The maximum absolute atomic E-state index is 13.1. The SMILES string of the molecule is COc1cc(OC)c(/C=C2/Sc3ccc(S(=O)(=O)Cc4c(Cl)cccc4Cl)cc3NC2=O)c(OC)c1. The van der Waals surface area contributed by atoms with Crippen LogP contribution in [-0.4, -0.2) is 35.7 Å². The predicted octanol–water partition coefficient (Wildman–Crippen LogP) is 6.08. The largest absolute Gasteiger partial charge is 0.496 e. The highest BCUT2D eigenvalue weighted by atomic mass is 35.5. The van der Waals surface area contributed by atoms with Crippen molar-refractivity contribution in [3.8, 4) is 17.2 Å². The molecule has 0 saturated carbocycles. The van der Waals surface area contributed by atoms with Crippen molar-refractivity contribution in [2.75, 3.05) is 26.6 Å². The van der Waals surface area contributed by atoms with Gasteiger partial charge < -0.3 is 19.5 Å². The molecule has 1 aliphatic rings. The number of ether oxygens (including phenoxy) is 3. The number of carbonyl (C=O) groups excluding carboxylic acids is 1. The first-order chi connectivity index (χ1) is 17.2. The third kappa shape index (κ3) is 5.29. The molecule has 0 saturated heterocycles. The summed E-state index contributed by atoms with van der Waals surface area (Å²) in [6, 6.07) is 12.8. The van der Waals surface area contributed by atoms with Crippen LogP contribution in [0.25, 0.3) is 6.08 Å². The van der Waals surface area contributed by atoms with E-state index in [0.29, 0.717) is 43.9 Å². The van der Waals surface area contributed by atoms with Gasteiger partial charge in [-0.25, -0.2) is 8.42 Å². The molecule has 0 atom stereocenters. The summed E-state index contributed by atoms with van der Waals surface area (Å²) in [5.74, 6) is 0.725. The van der Waals surface area contributed by atoms with Gasteiger partial charge in [-0.15, -0.1) is 0 Å². The van der Waals surface area contributed by atoms with Gasteiger partial charge >= 0.3 is 0 Å². The Labute approximate surface area is 223 Å². The topological polar surface area (TPSA) is 90.9 Å². The third-order valence-corrected chi connectivity index (χ3v) is 8.87. The first kappa shape index (κ1) is 26.2. The van der Waals surface area contributed by atoms with E-state index in [0.717, 1.165) is 0 Å². The van der Waals surface area contributed by atoms with Crippen LogP contribution in [0.3, 0.4) is 0 Å².